The molecule has 0 saturated carbocycles. The molecule has 0 aromatic heterocycles. The van der Waals surface area contributed by atoms with Crippen LogP contribution in [0.4, 0.5) is 10.5 Å². The van der Waals surface area contributed by atoms with E-state index in [-0.39, 0.29) is 17.0 Å². The first-order chi connectivity index (χ1) is 9.10. The Hall–Kier alpha value is -2.04. The minimum Gasteiger partial charge on any atom is -0.478 e. The summed E-state index contributed by atoms with van der Waals surface area (Å²) >= 11 is 0. The first-order valence-electron chi connectivity index (χ1n) is 6.46. The number of benzene rings is 1. The second-order valence-corrected chi connectivity index (χ2v) is 6.18. The maximum Gasteiger partial charge on any atom is 0.335 e. The first-order valence-corrected chi connectivity index (χ1v) is 6.46. The number of rotatable bonds is 3. The highest BCUT2D eigenvalue weighted by Gasteiger charge is 2.18. The molecule has 0 unspecified atom stereocenters. The number of carboxylic acids is 1. The molecule has 2 N–H and O–H groups in total. The molecule has 0 atom stereocenters. The molecule has 1 rings (SSSR count). The molecule has 0 aliphatic heterocycles. The molecule has 0 bridgehead atoms. The zero-order valence-corrected chi connectivity index (χ0v) is 12.7. The molecule has 0 fully saturated rings. The molecule has 0 spiro atoms. The average Bonchev–Trinajstić information content (AvgIpc) is 2.29. The second-order valence-electron chi connectivity index (χ2n) is 6.18. The Balaban J connectivity index is 2.85. The Labute approximate surface area is 119 Å². The van der Waals surface area contributed by atoms with Crippen molar-refractivity contribution in [2.75, 3.05) is 18.9 Å². The van der Waals surface area contributed by atoms with E-state index >= 15 is 0 Å². The summed E-state index contributed by atoms with van der Waals surface area (Å²) < 4.78 is 0. The number of urea groups is 1. The van der Waals surface area contributed by atoms with Crippen LogP contribution in [0.15, 0.2) is 18.2 Å². The third-order valence-electron chi connectivity index (χ3n) is 2.78. The summed E-state index contributed by atoms with van der Waals surface area (Å²) in [6, 6.07) is 4.43. The van der Waals surface area contributed by atoms with Gasteiger partial charge in [-0.05, 0) is 30.0 Å². The van der Waals surface area contributed by atoms with Crippen LogP contribution in [0.5, 0.6) is 0 Å². The van der Waals surface area contributed by atoms with Crippen molar-refractivity contribution < 1.29 is 14.7 Å². The number of anilines is 1. The van der Waals surface area contributed by atoms with Crippen LogP contribution in [0.3, 0.4) is 0 Å². The third kappa shape index (κ3) is 4.57. The van der Waals surface area contributed by atoms with Gasteiger partial charge in [0.1, 0.15) is 0 Å². The van der Waals surface area contributed by atoms with Gasteiger partial charge in [0.2, 0.25) is 0 Å². The van der Waals surface area contributed by atoms with E-state index in [0.717, 1.165) is 5.56 Å². The SMILES string of the molecule is Cc1ccc(C(=O)O)cc1NC(=O)N(C)CC(C)(C)C. The molecule has 2 amide bonds. The zero-order chi connectivity index (χ0) is 15.5. The molecule has 5 heteroatoms. The first kappa shape index (κ1) is 16.0. The molecular weight excluding hydrogens is 256 g/mol. The Bertz CT molecular complexity index is 518. The highest BCUT2D eigenvalue weighted by Crippen LogP contribution is 2.19. The summed E-state index contributed by atoms with van der Waals surface area (Å²) in [6.07, 6.45) is 0. The van der Waals surface area contributed by atoms with Gasteiger partial charge in [-0.25, -0.2) is 9.59 Å². The van der Waals surface area contributed by atoms with Gasteiger partial charge < -0.3 is 15.3 Å². The normalized spacial score (nSPS) is 11.1. The number of aryl methyl sites for hydroxylation is 1. The fraction of sp³-hybridized carbons (Fsp3) is 0.467. The van der Waals surface area contributed by atoms with Crippen LogP contribution in [-0.4, -0.2) is 35.6 Å². The summed E-state index contributed by atoms with van der Waals surface area (Å²) in [5, 5.41) is 11.7. The minimum atomic E-state index is -1.01. The molecule has 0 saturated heterocycles. The fourth-order valence-electron chi connectivity index (χ4n) is 1.88. The Morgan fingerprint density at radius 3 is 2.40 bits per heavy atom. The number of amides is 2. The van der Waals surface area contributed by atoms with Gasteiger partial charge in [0.25, 0.3) is 0 Å². The average molecular weight is 278 g/mol. The van der Waals surface area contributed by atoms with E-state index < -0.39 is 5.97 Å². The lowest BCUT2D eigenvalue weighted by Gasteiger charge is -2.27. The zero-order valence-electron chi connectivity index (χ0n) is 12.7. The van der Waals surface area contributed by atoms with Crippen LogP contribution in [-0.2, 0) is 0 Å². The van der Waals surface area contributed by atoms with E-state index in [0.29, 0.717) is 12.2 Å². The van der Waals surface area contributed by atoms with Crippen LogP contribution < -0.4 is 5.32 Å². The number of carboxylic acid groups (broad SMARTS) is 1. The van der Waals surface area contributed by atoms with Crippen molar-refractivity contribution in [1.29, 1.82) is 0 Å². The van der Waals surface area contributed by atoms with E-state index in [4.69, 9.17) is 5.11 Å². The Kier molecular flexibility index (Phi) is 4.76. The number of aromatic carboxylic acids is 1. The highest BCUT2D eigenvalue weighted by molar-refractivity contribution is 5.93. The summed E-state index contributed by atoms with van der Waals surface area (Å²) in [4.78, 5) is 24.6. The number of hydrogen-bond donors (Lipinski definition) is 2. The monoisotopic (exact) mass is 278 g/mol. The van der Waals surface area contributed by atoms with Gasteiger partial charge in [-0.1, -0.05) is 26.8 Å². The predicted octanol–water partition coefficient (Wildman–Crippen LogP) is 3.20. The van der Waals surface area contributed by atoms with Gasteiger partial charge >= 0.3 is 12.0 Å². The third-order valence-corrected chi connectivity index (χ3v) is 2.78. The van der Waals surface area contributed by atoms with Crippen molar-refractivity contribution in [3.05, 3.63) is 29.3 Å². The van der Waals surface area contributed by atoms with E-state index in [1.807, 2.05) is 27.7 Å². The lowest BCUT2D eigenvalue weighted by Crippen LogP contribution is -2.37. The van der Waals surface area contributed by atoms with Crippen LogP contribution in [0, 0.1) is 12.3 Å². The number of carbonyl (C=O) groups excluding carboxylic acids is 1. The topological polar surface area (TPSA) is 69.6 Å². The summed E-state index contributed by atoms with van der Waals surface area (Å²) in [5.74, 6) is -1.01. The van der Waals surface area contributed by atoms with Crippen molar-refractivity contribution in [1.82, 2.24) is 4.90 Å². The molecule has 1 aromatic rings. The number of nitrogens with one attached hydrogen (secondary N) is 1. The lowest BCUT2D eigenvalue weighted by molar-refractivity contribution is 0.0697. The van der Waals surface area contributed by atoms with Crippen LogP contribution in [0.25, 0.3) is 0 Å². The number of nitrogens with zero attached hydrogens (tertiary/aromatic N) is 1. The van der Waals surface area contributed by atoms with Crippen molar-refractivity contribution in [2.45, 2.75) is 27.7 Å². The van der Waals surface area contributed by atoms with E-state index in [1.54, 1.807) is 18.0 Å². The Morgan fingerprint density at radius 1 is 1.30 bits per heavy atom. The van der Waals surface area contributed by atoms with Gasteiger partial charge in [-0.2, -0.15) is 0 Å². The van der Waals surface area contributed by atoms with Gasteiger partial charge in [0, 0.05) is 19.3 Å². The van der Waals surface area contributed by atoms with E-state index in [1.165, 1.54) is 12.1 Å². The molecular formula is C15H22N2O3. The van der Waals surface area contributed by atoms with Gasteiger partial charge in [0.15, 0.2) is 0 Å². The quantitative estimate of drug-likeness (QED) is 0.892. The molecule has 5 nitrogen and oxygen atoms in total. The van der Waals surface area contributed by atoms with Crippen molar-refractivity contribution in [3.8, 4) is 0 Å². The molecule has 1 aromatic carbocycles. The molecule has 0 heterocycles. The van der Waals surface area contributed by atoms with Crippen LogP contribution in [0.1, 0.15) is 36.7 Å². The lowest BCUT2D eigenvalue weighted by atomic mass is 9.96. The van der Waals surface area contributed by atoms with Crippen molar-refractivity contribution >= 4 is 17.7 Å². The van der Waals surface area contributed by atoms with Crippen molar-refractivity contribution in [2.24, 2.45) is 5.41 Å². The Morgan fingerprint density at radius 2 is 1.90 bits per heavy atom. The standard InChI is InChI=1S/C15H22N2O3/c1-10-6-7-11(13(18)19)8-12(10)16-14(20)17(5)9-15(2,3)4/h6-8H,9H2,1-5H3,(H,16,20)(H,18,19). The second kappa shape index (κ2) is 5.94. The summed E-state index contributed by atoms with van der Waals surface area (Å²) in [5.41, 5.74) is 1.51. The molecule has 0 aliphatic rings. The highest BCUT2D eigenvalue weighted by atomic mass is 16.4. The van der Waals surface area contributed by atoms with Gasteiger partial charge in [-0.15, -0.1) is 0 Å². The number of hydrogen-bond acceptors (Lipinski definition) is 2. The predicted molar refractivity (Wildman–Crippen MR) is 79.2 cm³/mol. The molecule has 0 aliphatic carbocycles. The maximum absolute atomic E-state index is 12.1. The van der Waals surface area contributed by atoms with Gasteiger partial charge in [0.05, 0.1) is 5.56 Å². The van der Waals surface area contributed by atoms with Gasteiger partial charge in [-0.3, -0.25) is 0 Å². The minimum absolute atomic E-state index is 0.00402. The van der Waals surface area contributed by atoms with Crippen LogP contribution in [0.2, 0.25) is 0 Å². The summed E-state index contributed by atoms with van der Waals surface area (Å²) in [6.45, 7) is 8.58. The largest absolute Gasteiger partial charge is 0.478 e. The van der Waals surface area contributed by atoms with Crippen molar-refractivity contribution in [3.63, 3.8) is 0 Å². The fourth-order valence-corrected chi connectivity index (χ4v) is 1.88. The molecule has 20 heavy (non-hydrogen) atoms. The number of carbonyl (C=O) groups is 2. The summed E-state index contributed by atoms with van der Waals surface area (Å²) in [7, 11) is 1.72. The molecule has 110 valence electrons. The van der Waals surface area contributed by atoms with E-state index in [2.05, 4.69) is 5.32 Å². The van der Waals surface area contributed by atoms with E-state index in [9.17, 15) is 9.59 Å². The molecule has 0 radical (unpaired) electrons. The smallest absolute Gasteiger partial charge is 0.335 e. The van der Waals surface area contributed by atoms with Crippen LogP contribution >= 0.6 is 0 Å². The maximum atomic E-state index is 12.1.